The number of hydrogen-bond donors (Lipinski definition) is 0. The number of nitrogens with zero attached hydrogens (tertiary/aromatic N) is 4. The zero-order valence-corrected chi connectivity index (χ0v) is 20.3. The molecule has 33 heavy (non-hydrogen) atoms. The molecule has 4 heterocycles. The number of aromatic nitrogens is 2. The van der Waals surface area contributed by atoms with Crippen molar-refractivity contribution in [3.63, 3.8) is 0 Å². The van der Waals surface area contributed by atoms with Crippen molar-refractivity contribution in [1.82, 2.24) is 13.9 Å². The number of fused-ring (bicyclic) bond motifs is 2. The van der Waals surface area contributed by atoms with Gasteiger partial charge in [-0.15, -0.1) is 11.3 Å². The number of hydrogen-bond acceptors (Lipinski definition) is 6. The van der Waals surface area contributed by atoms with Crippen LogP contribution in [0.3, 0.4) is 0 Å². The molecule has 2 aliphatic heterocycles. The first-order chi connectivity index (χ1) is 15.8. The van der Waals surface area contributed by atoms with E-state index in [0.717, 1.165) is 35.3 Å². The lowest BCUT2D eigenvalue weighted by Gasteiger charge is -2.26. The minimum Gasteiger partial charge on any atom is -0.310 e. The van der Waals surface area contributed by atoms with E-state index in [0.29, 0.717) is 42.0 Å². The molecule has 0 saturated carbocycles. The molecule has 8 nitrogen and oxygen atoms in total. The molecule has 0 N–H and O–H groups in total. The molecule has 0 unspecified atom stereocenters. The number of sulfonamides is 1. The minimum absolute atomic E-state index is 0.108. The van der Waals surface area contributed by atoms with Crippen molar-refractivity contribution >= 4 is 43.2 Å². The quantitative estimate of drug-likeness (QED) is 0.565. The molecular weight excluding hydrogens is 460 g/mol. The second kappa shape index (κ2) is 8.34. The molecule has 0 spiro atoms. The predicted octanol–water partition coefficient (Wildman–Crippen LogP) is 2.84. The van der Waals surface area contributed by atoms with Crippen molar-refractivity contribution in [2.45, 2.75) is 51.0 Å². The zero-order chi connectivity index (χ0) is 23.3. The molecule has 1 fully saturated rings. The molecular formula is C23H26N4O4S2. The summed E-state index contributed by atoms with van der Waals surface area (Å²) >= 11 is 1.48. The number of anilines is 1. The molecule has 174 valence electrons. The van der Waals surface area contributed by atoms with Crippen LogP contribution in [0.1, 0.15) is 35.3 Å². The molecule has 0 bridgehead atoms. The first-order valence-electron chi connectivity index (χ1n) is 11.2. The van der Waals surface area contributed by atoms with Crippen LogP contribution in [0.4, 0.5) is 5.69 Å². The fraction of sp³-hybridized carbons (Fsp3) is 0.435. The smallest absolute Gasteiger partial charge is 0.262 e. The lowest BCUT2D eigenvalue weighted by molar-refractivity contribution is -0.119. The van der Waals surface area contributed by atoms with Crippen LogP contribution in [0.25, 0.3) is 10.2 Å². The summed E-state index contributed by atoms with van der Waals surface area (Å²) in [5.41, 5.74) is 2.25. The monoisotopic (exact) mass is 486 g/mol. The summed E-state index contributed by atoms with van der Waals surface area (Å²) in [5, 5.41) is 0.571. The summed E-state index contributed by atoms with van der Waals surface area (Å²) in [6.45, 7) is 5.32. The van der Waals surface area contributed by atoms with Gasteiger partial charge in [0.25, 0.3) is 5.56 Å². The van der Waals surface area contributed by atoms with Crippen LogP contribution in [-0.4, -0.2) is 47.8 Å². The maximum atomic E-state index is 13.1. The van der Waals surface area contributed by atoms with Crippen molar-refractivity contribution in [3.05, 3.63) is 50.9 Å². The van der Waals surface area contributed by atoms with Gasteiger partial charge in [-0.25, -0.2) is 13.4 Å². The van der Waals surface area contributed by atoms with E-state index in [4.69, 9.17) is 0 Å². The van der Waals surface area contributed by atoms with Gasteiger partial charge in [0.05, 0.1) is 16.6 Å². The Bertz CT molecular complexity index is 1420. The van der Waals surface area contributed by atoms with Crippen LogP contribution in [0, 0.1) is 13.8 Å². The number of amides is 1. The normalized spacial score (nSPS) is 17.0. The van der Waals surface area contributed by atoms with Crippen LogP contribution in [0.5, 0.6) is 0 Å². The van der Waals surface area contributed by atoms with Gasteiger partial charge in [0, 0.05) is 30.2 Å². The highest BCUT2D eigenvalue weighted by atomic mass is 32.2. The average Bonchev–Trinajstić information content (AvgIpc) is 3.37. The zero-order valence-electron chi connectivity index (χ0n) is 18.7. The maximum absolute atomic E-state index is 13.1. The van der Waals surface area contributed by atoms with Gasteiger partial charge in [0.2, 0.25) is 15.9 Å². The van der Waals surface area contributed by atoms with Crippen molar-refractivity contribution < 1.29 is 13.2 Å². The van der Waals surface area contributed by atoms with E-state index in [1.165, 1.54) is 22.2 Å². The molecule has 5 rings (SSSR count). The van der Waals surface area contributed by atoms with Crippen LogP contribution in [-0.2, 0) is 27.8 Å². The molecule has 2 aromatic heterocycles. The first-order valence-corrected chi connectivity index (χ1v) is 13.4. The number of carbonyl (C=O) groups is 1. The van der Waals surface area contributed by atoms with Gasteiger partial charge in [0.1, 0.15) is 11.4 Å². The predicted molar refractivity (Wildman–Crippen MR) is 128 cm³/mol. The number of carbonyl (C=O) groups excluding carboxylic acids is 1. The summed E-state index contributed by atoms with van der Waals surface area (Å²) < 4.78 is 29.0. The summed E-state index contributed by atoms with van der Waals surface area (Å²) in [7, 11) is -3.52. The summed E-state index contributed by atoms with van der Waals surface area (Å²) in [6, 6.07) is 5.00. The van der Waals surface area contributed by atoms with E-state index in [1.54, 1.807) is 27.4 Å². The van der Waals surface area contributed by atoms with Gasteiger partial charge >= 0.3 is 0 Å². The van der Waals surface area contributed by atoms with Crippen molar-refractivity contribution in [1.29, 1.82) is 0 Å². The Hall–Kier alpha value is -2.56. The molecule has 10 heteroatoms. The summed E-state index contributed by atoms with van der Waals surface area (Å²) in [6.07, 6.45) is 4.85. The Labute approximate surface area is 196 Å². The second-order valence-corrected chi connectivity index (χ2v) is 11.8. The molecule has 0 aliphatic carbocycles. The highest BCUT2D eigenvalue weighted by molar-refractivity contribution is 7.89. The Balaban J connectivity index is 1.39. The van der Waals surface area contributed by atoms with Crippen LogP contribution >= 0.6 is 11.3 Å². The second-order valence-electron chi connectivity index (χ2n) is 8.69. The molecule has 2 aliphatic rings. The molecule has 0 atom stereocenters. The summed E-state index contributed by atoms with van der Waals surface area (Å²) in [5.74, 6) is -0.215. The van der Waals surface area contributed by atoms with E-state index in [9.17, 15) is 18.0 Å². The van der Waals surface area contributed by atoms with Crippen molar-refractivity contribution in [2.24, 2.45) is 0 Å². The Morgan fingerprint density at radius 2 is 1.88 bits per heavy atom. The van der Waals surface area contributed by atoms with E-state index in [1.807, 2.05) is 13.8 Å². The van der Waals surface area contributed by atoms with Crippen LogP contribution < -0.4 is 10.5 Å². The number of thiophene rings is 1. The van der Waals surface area contributed by atoms with E-state index >= 15 is 0 Å². The van der Waals surface area contributed by atoms with Crippen molar-refractivity contribution in [2.75, 3.05) is 24.5 Å². The van der Waals surface area contributed by atoms with Gasteiger partial charge < -0.3 is 4.90 Å². The minimum atomic E-state index is -3.52. The molecule has 1 saturated heterocycles. The highest BCUT2D eigenvalue weighted by Gasteiger charge is 2.30. The lowest BCUT2D eigenvalue weighted by Crippen LogP contribution is -2.36. The van der Waals surface area contributed by atoms with Crippen molar-refractivity contribution in [3.8, 4) is 0 Å². The maximum Gasteiger partial charge on any atom is 0.262 e. The largest absolute Gasteiger partial charge is 0.310 e. The van der Waals surface area contributed by atoms with Gasteiger partial charge in [-0.3, -0.25) is 14.2 Å². The van der Waals surface area contributed by atoms with Crippen LogP contribution in [0.15, 0.2) is 34.2 Å². The van der Waals surface area contributed by atoms with Crippen LogP contribution in [0.2, 0.25) is 0 Å². The first kappa shape index (κ1) is 22.2. The molecule has 1 amide bonds. The number of piperidine rings is 1. The Morgan fingerprint density at radius 3 is 2.64 bits per heavy atom. The third-order valence-corrected chi connectivity index (χ3v) is 9.67. The standard InChI is InChI=1S/C23H26N4O4S2/c1-15-16(2)32-22-21(15)23(29)25(14-24-22)13-20(28)27-11-8-17-12-18(6-7-19(17)27)33(30,31)26-9-4-3-5-10-26/h6-7,12,14H,3-5,8-11,13H2,1-2H3. The topological polar surface area (TPSA) is 92.6 Å². The van der Waals surface area contributed by atoms with Gasteiger partial charge in [-0.2, -0.15) is 4.31 Å². The number of aryl methyl sites for hydroxylation is 2. The molecule has 0 radical (unpaired) electrons. The fourth-order valence-corrected chi connectivity index (χ4v) is 7.22. The average molecular weight is 487 g/mol. The lowest BCUT2D eigenvalue weighted by atomic mass is 10.2. The Morgan fingerprint density at radius 1 is 1.12 bits per heavy atom. The Kier molecular flexibility index (Phi) is 5.62. The fourth-order valence-electron chi connectivity index (χ4n) is 4.67. The third kappa shape index (κ3) is 3.79. The van der Waals surface area contributed by atoms with E-state index in [-0.39, 0.29) is 22.9 Å². The van der Waals surface area contributed by atoms with E-state index < -0.39 is 10.0 Å². The number of rotatable bonds is 4. The highest BCUT2D eigenvalue weighted by Crippen LogP contribution is 2.32. The van der Waals surface area contributed by atoms with Gasteiger partial charge in [0.15, 0.2) is 0 Å². The molecule has 1 aromatic carbocycles. The van der Waals surface area contributed by atoms with E-state index in [2.05, 4.69) is 4.98 Å². The number of benzene rings is 1. The van der Waals surface area contributed by atoms with Gasteiger partial charge in [-0.05, 0) is 62.4 Å². The molecule has 3 aromatic rings. The SMILES string of the molecule is Cc1sc2ncn(CC(=O)N3CCc4cc(S(=O)(=O)N5CCCCC5)ccc43)c(=O)c2c1C. The van der Waals surface area contributed by atoms with Gasteiger partial charge in [-0.1, -0.05) is 6.42 Å². The summed E-state index contributed by atoms with van der Waals surface area (Å²) in [4.78, 5) is 34.1. The third-order valence-electron chi connectivity index (χ3n) is 6.66.